The number of allylic oxidation sites excluding steroid dienone is 1. The van der Waals surface area contributed by atoms with E-state index in [1.54, 1.807) is 23.1 Å². The molecule has 0 N–H and O–H groups in total. The van der Waals surface area contributed by atoms with Gasteiger partial charge in [-0.2, -0.15) is 0 Å². The molecule has 4 heteroatoms. The Morgan fingerprint density at radius 1 is 1.60 bits per heavy atom. The highest BCUT2D eigenvalue weighted by molar-refractivity contribution is 8.03. The van der Waals surface area contributed by atoms with E-state index in [0.29, 0.717) is 0 Å². The third-order valence-electron chi connectivity index (χ3n) is 2.08. The van der Waals surface area contributed by atoms with Crippen LogP contribution in [0.5, 0.6) is 0 Å². The van der Waals surface area contributed by atoms with E-state index in [1.165, 1.54) is 11.8 Å². The fraction of sp³-hybridized carbons (Fsp3) is 0.364. The van der Waals surface area contributed by atoms with Crippen LogP contribution in [0.3, 0.4) is 0 Å². The maximum absolute atomic E-state index is 11.1. The molecule has 0 aromatic carbocycles. The highest BCUT2D eigenvalue weighted by atomic mass is 32.2. The van der Waals surface area contributed by atoms with Crippen molar-refractivity contribution in [2.45, 2.75) is 19.4 Å². The van der Waals surface area contributed by atoms with Crippen molar-refractivity contribution in [3.8, 4) is 0 Å². The van der Waals surface area contributed by atoms with Crippen LogP contribution in [0, 0.1) is 0 Å². The van der Waals surface area contributed by atoms with E-state index in [9.17, 15) is 4.79 Å². The molecule has 1 unspecified atom stereocenters. The normalized spacial score (nSPS) is 17.3. The summed E-state index contributed by atoms with van der Waals surface area (Å²) in [5.74, 6) is 0.875. The predicted octanol–water partition coefficient (Wildman–Crippen LogP) is 3.37. The van der Waals surface area contributed by atoms with Gasteiger partial charge < -0.3 is 4.74 Å². The lowest BCUT2D eigenvalue weighted by atomic mass is 10.2. The minimum Gasteiger partial charge on any atom is -0.451 e. The molecule has 0 spiro atoms. The van der Waals surface area contributed by atoms with Crippen molar-refractivity contribution in [2.75, 3.05) is 5.75 Å². The molecule has 1 aromatic rings. The molecule has 2 nitrogen and oxygen atoms in total. The smallest absolute Gasteiger partial charge is 0.303 e. The van der Waals surface area contributed by atoms with Crippen molar-refractivity contribution in [3.05, 3.63) is 33.4 Å². The average molecular weight is 240 g/mol. The Morgan fingerprint density at radius 2 is 2.47 bits per heavy atom. The Kier molecular flexibility index (Phi) is 3.49. The zero-order chi connectivity index (χ0) is 10.7. The van der Waals surface area contributed by atoms with Crippen molar-refractivity contribution < 1.29 is 9.53 Å². The largest absolute Gasteiger partial charge is 0.451 e. The van der Waals surface area contributed by atoms with Crippen LogP contribution in [0.15, 0.2) is 28.5 Å². The van der Waals surface area contributed by atoms with Gasteiger partial charge in [0.05, 0.1) is 4.88 Å². The van der Waals surface area contributed by atoms with Gasteiger partial charge in [0.1, 0.15) is 0 Å². The number of thiophene rings is 1. The number of thioether (sulfide) groups is 1. The number of rotatable bonds is 3. The molecule has 0 saturated carbocycles. The lowest BCUT2D eigenvalue weighted by Gasteiger charge is -2.16. The Balaban J connectivity index is 2.19. The van der Waals surface area contributed by atoms with Gasteiger partial charge in [-0.05, 0) is 17.9 Å². The lowest BCUT2D eigenvalue weighted by molar-refractivity contribution is -0.144. The molecule has 2 heterocycles. The topological polar surface area (TPSA) is 26.3 Å². The summed E-state index contributed by atoms with van der Waals surface area (Å²) in [5, 5.41) is 2.01. The first-order valence-electron chi connectivity index (χ1n) is 4.81. The maximum Gasteiger partial charge on any atom is 0.303 e. The van der Waals surface area contributed by atoms with Gasteiger partial charge in [-0.3, -0.25) is 4.79 Å². The lowest BCUT2D eigenvalue weighted by Crippen LogP contribution is -2.07. The molecule has 1 aliphatic heterocycles. The number of esters is 1. The predicted molar refractivity (Wildman–Crippen MR) is 64.0 cm³/mol. The second kappa shape index (κ2) is 4.86. The first-order valence-corrected chi connectivity index (χ1v) is 6.67. The molecule has 1 atom stereocenters. The Hall–Kier alpha value is -0.740. The number of ether oxygens (including phenoxy) is 1. The zero-order valence-electron chi connectivity index (χ0n) is 8.43. The highest BCUT2D eigenvalue weighted by Crippen LogP contribution is 2.39. The van der Waals surface area contributed by atoms with E-state index in [0.717, 1.165) is 17.1 Å². The number of hydrogen-bond donors (Lipinski definition) is 0. The molecule has 0 fully saturated rings. The van der Waals surface area contributed by atoms with E-state index in [1.807, 2.05) is 17.5 Å². The molecule has 0 saturated heterocycles. The van der Waals surface area contributed by atoms with Gasteiger partial charge in [-0.15, -0.1) is 23.1 Å². The van der Waals surface area contributed by atoms with Gasteiger partial charge in [0.25, 0.3) is 0 Å². The fourth-order valence-corrected chi connectivity index (χ4v) is 3.36. The summed E-state index contributed by atoms with van der Waals surface area (Å²) >= 11 is 3.41. The summed E-state index contributed by atoms with van der Waals surface area (Å²) in [6.45, 7) is 1.46. The first-order chi connectivity index (χ1) is 7.27. The summed E-state index contributed by atoms with van der Waals surface area (Å²) in [5.41, 5.74) is 0. The number of carbonyl (C=O) groups is 1. The molecule has 0 bridgehead atoms. The standard InChI is InChI=1S/C11H12O2S2/c1-8(12)13-11(9-4-2-6-14-9)10-5-3-7-15-10/h2,4-6,11H,3,7H2,1H3. The minimum absolute atomic E-state index is 0.171. The summed E-state index contributed by atoms with van der Waals surface area (Å²) in [6.07, 6.45) is 3.07. The quantitative estimate of drug-likeness (QED) is 0.758. The first kappa shape index (κ1) is 10.8. The van der Waals surface area contributed by atoms with Crippen LogP contribution < -0.4 is 0 Å². The van der Waals surface area contributed by atoms with E-state index in [2.05, 4.69) is 6.08 Å². The Bertz CT molecular complexity index is 368. The molecular weight excluding hydrogens is 228 g/mol. The second-order valence-electron chi connectivity index (χ2n) is 3.25. The van der Waals surface area contributed by atoms with Gasteiger partial charge in [0, 0.05) is 17.6 Å². The van der Waals surface area contributed by atoms with Gasteiger partial charge in [0.15, 0.2) is 6.10 Å². The number of carbonyl (C=O) groups excluding carboxylic acids is 1. The summed E-state index contributed by atoms with van der Waals surface area (Å²) < 4.78 is 5.36. The van der Waals surface area contributed by atoms with Crippen LogP contribution in [0.25, 0.3) is 0 Å². The molecular formula is C11H12O2S2. The van der Waals surface area contributed by atoms with Crippen molar-refractivity contribution >= 4 is 29.1 Å². The van der Waals surface area contributed by atoms with Crippen LogP contribution in [-0.4, -0.2) is 11.7 Å². The molecule has 2 rings (SSSR count). The van der Waals surface area contributed by atoms with Crippen LogP contribution >= 0.6 is 23.1 Å². The second-order valence-corrected chi connectivity index (χ2v) is 5.40. The van der Waals surface area contributed by atoms with Gasteiger partial charge in [-0.25, -0.2) is 0 Å². The molecule has 80 valence electrons. The van der Waals surface area contributed by atoms with Crippen LogP contribution in [0.4, 0.5) is 0 Å². The number of hydrogen-bond acceptors (Lipinski definition) is 4. The van der Waals surface area contributed by atoms with Gasteiger partial charge in [-0.1, -0.05) is 12.1 Å². The van der Waals surface area contributed by atoms with Crippen molar-refractivity contribution in [1.29, 1.82) is 0 Å². The summed E-state index contributed by atoms with van der Waals surface area (Å²) in [4.78, 5) is 13.3. The summed E-state index contributed by atoms with van der Waals surface area (Å²) in [6, 6.07) is 3.99. The van der Waals surface area contributed by atoms with Crippen molar-refractivity contribution in [2.24, 2.45) is 0 Å². The molecule has 1 aromatic heterocycles. The van der Waals surface area contributed by atoms with Crippen LogP contribution in [-0.2, 0) is 9.53 Å². The third kappa shape index (κ3) is 2.63. The van der Waals surface area contributed by atoms with Gasteiger partial charge >= 0.3 is 5.97 Å². The van der Waals surface area contributed by atoms with E-state index < -0.39 is 0 Å². The monoisotopic (exact) mass is 240 g/mol. The molecule has 0 radical (unpaired) electrons. The third-order valence-corrected chi connectivity index (χ3v) is 4.15. The van der Waals surface area contributed by atoms with E-state index in [4.69, 9.17) is 4.74 Å². The zero-order valence-corrected chi connectivity index (χ0v) is 10.1. The SMILES string of the molecule is CC(=O)OC(C1=CCCS1)c1cccs1. The van der Waals surface area contributed by atoms with E-state index in [-0.39, 0.29) is 12.1 Å². The van der Waals surface area contributed by atoms with E-state index >= 15 is 0 Å². The maximum atomic E-state index is 11.1. The van der Waals surface area contributed by atoms with Crippen molar-refractivity contribution in [3.63, 3.8) is 0 Å². The molecule has 15 heavy (non-hydrogen) atoms. The Labute approximate surface area is 97.3 Å². The average Bonchev–Trinajstić information content (AvgIpc) is 2.87. The molecule has 0 aliphatic carbocycles. The highest BCUT2D eigenvalue weighted by Gasteiger charge is 2.23. The van der Waals surface area contributed by atoms with Crippen LogP contribution in [0.2, 0.25) is 0 Å². The minimum atomic E-state index is -0.221. The van der Waals surface area contributed by atoms with Gasteiger partial charge in [0.2, 0.25) is 0 Å². The molecule has 1 aliphatic rings. The summed E-state index contributed by atoms with van der Waals surface area (Å²) in [7, 11) is 0. The fourth-order valence-electron chi connectivity index (χ4n) is 1.48. The van der Waals surface area contributed by atoms with Crippen molar-refractivity contribution in [1.82, 2.24) is 0 Å². The van der Waals surface area contributed by atoms with Crippen LogP contribution in [0.1, 0.15) is 24.3 Å². The molecule has 0 amide bonds. The Morgan fingerprint density at radius 3 is 3.00 bits per heavy atom.